The molecule has 1 aliphatic rings. The van der Waals surface area contributed by atoms with Crippen molar-refractivity contribution in [1.82, 2.24) is 4.81 Å². The molecule has 0 spiro atoms. The quantitative estimate of drug-likeness (QED) is 0.529. The molecule has 1 aliphatic heterocycles. The third-order valence-corrected chi connectivity index (χ3v) is 2.60. The van der Waals surface area contributed by atoms with Gasteiger partial charge in [0.25, 0.3) is 0 Å². The van der Waals surface area contributed by atoms with E-state index in [4.69, 9.17) is 0 Å². The van der Waals surface area contributed by atoms with E-state index < -0.39 is 0 Å². The van der Waals surface area contributed by atoms with E-state index in [1.165, 1.54) is 38.7 Å². The Labute approximate surface area is 64.9 Å². The highest BCUT2D eigenvalue weighted by atomic mass is 15.1. The molecule has 0 radical (unpaired) electrons. The third-order valence-electron chi connectivity index (χ3n) is 2.60. The fourth-order valence-corrected chi connectivity index (χ4v) is 1.62. The predicted molar refractivity (Wildman–Crippen MR) is 47.5 cm³/mol. The van der Waals surface area contributed by atoms with Crippen LogP contribution in [-0.4, -0.2) is 24.7 Å². The molecular formula is C8H18BN. The average molecular weight is 139 g/mol. The monoisotopic (exact) mass is 139 g/mol. The summed E-state index contributed by atoms with van der Waals surface area (Å²) in [6.45, 7) is 8.12. The summed E-state index contributed by atoms with van der Waals surface area (Å²) < 4.78 is 0. The van der Waals surface area contributed by atoms with Gasteiger partial charge in [0.1, 0.15) is 0 Å². The molecule has 1 fully saturated rings. The Bertz CT molecular complexity index is 89.3. The summed E-state index contributed by atoms with van der Waals surface area (Å²) >= 11 is 0. The maximum atomic E-state index is 2.61. The summed E-state index contributed by atoms with van der Waals surface area (Å²) in [5, 5.41) is 0. The van der Waals surface area contributed by atoms with Gasteiger partial charge in [-0.25, -0.2) is 0 Å². The van der Waals surface area contributed by atoms with Crippen LogP contribution in [0.3, 0.4) is 0 Å². The second kappa shape index (κ2) is 4.02. The van der Waals surface area contributed by atoms with Crippen LogP contribution in [0.2, 0.25) is 13.1 Å². The first-order valence-electron chi connectivity index (χ1n) is 4.58. The summed E-state index contributed by atoms with van der Waals surface area (Å²) in [5.41, 5.74) is 0. The summed E-state index contributed by atoms with van der Waals surface area (Å²) in [6, 6.07) is 0. The highest BCUT2D eigenvalue weighted by Gasteiger charge is 2.17. The summed E-state index contributed by atoms with van der Waals surface area (Å²) in [6.07, 6.45) is 5.60. The molecular weight excluding hydrogens is 121 g/mol. The largest absolute Gasteiger partial charge is 0.342 e. The van der Waals surface area contributed by atoms with E-state index in [-0.39, 0.29) is 0 Å². The van der Waals surface area contributed by atoms with E-state index in [1.54, 1.807) is 0 Å². The van der Waals surface area contributed by atoms with Crippen LogP contribution in [0.25, 0.3) is 0 Å². The topological polar surface area (TPSA) is 3.24 Å². The van der Waals surface area contributed by atoms with Crippen LogP contribution < -0.4 is 0 Å². The molecule has 0 N–H and O–H groups in total. The van der Waals surface area contributed by atoms with E-state index in [2.05, 4.69) is 18.6 Å². The molecule has 0 aromatic carbocycles. The lowest BCUT2D eigenvalue weighted by Crippen LogP contribution is -2.40. The van der Waals surface area contributed by atoms with E-state index in [1.807, 2.05) is 0 Å². The van der Waals surface area contributed by atoms with Crippen LogP contribution in [0.4, 0.5) is 0 Å². The van der Waals surface area contributed by atoms with Crippen molar-refractivity contribution in [3.8, 4) is 0 Å². The van der Waals surface area contributed by atoms with Crippen molar-refractivity contribution in [2.75, 3.05) is 13.1 Å². The minimum absolute atomic E-state index is 0.820. The molecule has 0 aromatic rings. The number of piperidine rings is 1. The highest BCUT2D eigenvalue weighted by molar-refractivity contribution is 6.54. The minimum atomic E-state index is 0.820. The Morgan fingerprint density at radius 3 is 2.30 bits per heavy atom. The molecule has 2 heteroatoms. The van der Waals surface area contributed by atoms with Crippen molar-refractivity contribution in [1.29, 1.82) is 0 Å². The summed E-state index contributed by atoms with van der Waals surface area (Å²) in [4.78, 5) is 2.61. The smallest absolute Gasteiger partial charge is 0.219 e. The molecule has 0 unspecified atom stereocenters. The average Bonchev–Trinajstić information content (AvgIpc) is 2.05. The van der Waals surface area contributed by atoms with Crippen molar-refractivity contribution < 1.29 is 0 Å². The van der Waals surface area contributed by atoms with Crippen LogP contribution in [0.5, 0.6) is 0 Å². The minimum Gasteiger partial charge on any atom is -0.342 e. The van der Waals surface area contributed by atoms with Gasteiger partial charge >= 0.3 is 0 Å². The molecule has 1 rings (SSSR count). The van der Waals surface area contributed by atoms with Gasteiger partial charge in [0.2, 0.25) is 6.85 Å². The zero-order chi connectivity index (χ0) is 7.40. The lowest BCUT2D eigenvalue weighted by atomic mass is 9.60. The van der Waals surface area contributed by atoms with E-state index in [0.29, 0.717) is 0 Å². The standard InChI is InChI=1S/C8H18BN/c1-3-9(2)10-7-5-4-6-8-10/h3-8H2,1-2H3. The van der Waals surface area contributed by atoms with Gasteiger partial charge < -0.3 is 4.81 Å². The molecule has 1 heterocycles. The van der Waals surface area contributed by atoms with Gasteiger partial charge in [-0.2, -0.15) is 0 Å². The normalized spacial score (nSPS) is 21.0. The van der Waals surface area contributed by atoms with Crippen LogP contribution in [0.1, 0.15) is 26.2 Å². The molecule has 0 saturated carbocycles. The first-order valence-corrected chi connectivity index (χ1v) is 4.58. The number of hydrogen-bond acceptors (Lipinski definition) is 1. The SMILES string of the molecule is CCB(C)N1CCCCC1. The van der Waals surface area contributed by atoms with Crippen LogP contribution >= 0.6 is 0 Å². The van der Waals surface area contributed by atoms with Crippen molar-refractivity contribution >= 4 is 6.85 Å². The van der Waals surface area contributed by atoms with Crippen molar-refractivity contribution in [2.24, 2.45) is 0 Å². The Morgan fingerprint density at radius 1 is 1.20 bits per heavy atom. The molecule has 0 aromatic heterocycles. The van der Waals surface area contributed by atoms with E-state index in [9.17, 15) is 0 Å². The Kier molecular flexibility index (Phi) is 3.27. The summed E-state index contributed by atoms with van der Waals surface area (Å²) in [7, 11) is 0. The molecule has 0 amide bonds. The van der Waals surface area contributed by atoms with E-state index >= 15 is 0 Å². The molecule has 58 valence electrons. The van der Waals surface area contributed by atoms with Gasteiger partial charge in [-0.1, -0.05) is 26.5 Å². The van der Waals surface area contributed by atoms with Crippen molar-refractivity contribution in [3.63, 3.8) is 0 Å². The van der Waals surface area contributed by atoms with Gasteiger partial charge in [0.15, 0.2) is 0 Å². The second-order valence-corrected chi connectivity index (χ2v) is 3.35. The van der Waals surface area contributed by atoms with Gasteiger partial charge in [0, 0.05) is 0 Å². The maximum Gasteiger partial charge on any atom is 0.219 e. The zero-order valence-corrected chi connectivity index (χ0v) is 7.27. The highest BCUT2D eigenvalue weighted by Crippen LogP contribution is 2.11. The van der Waals surface area contributed by atoms with Crippen LogP contribution in [-0.2, 0) is 0 Å². The lowest BCUT2D eigenvalue weighted by molar-refractivity contribution is 0.352. The Hall–Kier alpha value is 0.0249. The first-order chi connectivity index (χ1) is 4.84. The van der Waals surface area contributed by atoms with Gasteiger partial charge in [-0.05, 0) is 25.9 Å². The fraction of sp³-hybridized carbons (Fsp3) is 1.00. The fourth-order valence-electron chi connectivity index (χ4n) is 1.62. The van der Waals surface area contributed by atoms with Crippen molar-refractivity contribution in [2.45, 2.75) is 39.3 Å². The second-order valence-electron chi connectivity index (χ2n) is 3.35. The van der Waals surface area contributed by atoms with Crippen LogP contribution in [0, 0.1) is 0 Å². The lowest BCUT2D eigenvalue weighted by Gasteiger charge is -2.30. The first kappa shape index (κ1) is 8.12. The number of nitrogens with zero attached hydrogens (tertiary/aromatic N) is 1. The van der Waals surface area contributed by atoms with Crippen molar-refractivity contribution in [3.05, 3.63) is 0 Å². The molecule has 0 bridgehead atoms. The maximum absolute atomic E-state index is 2.61. The zero-order valence-electron chi connectivity index (χ0n) is 7.27. The number of rotatable bonds is 2. The van der Waals surface area contributed by atoms with E-state index in [0.717, 1.165) is 6.85 Å². The summed E-state index contributed by atoms with van der Waals surface area (Å²) in [5.74, 6) is 0. The van der Waals surface area contributed by atoms with Gasteiger partial charge in [-0.15, -0.1) is 0 Å². The molecule has 1 nitrogen and oxygen atoms in total. The Balaban J connectivity index is 2.24. The third kappa shape index (κ3) is 2.01. The molecule has 0 atom stereocenters. The molecule has 10 heavy (non-hydrogen) atoms. The Morgan fingerprint density at radius 2 is 1.80 bits per heavy atom. The van der Waals surface area contributed by atoms with Gasteiger partial charge in [0.05, 0.1) is 0 Å². The molecule has 0 aliphatic carbocycles. The predicted octanol–water partition coefficient (Wildman–Crippen LogP) is 2.11. The molecule has 1 saturated heterocycles. The van der Waals surface area contributed by atoms with Gasteiger partial charge in [-0.3, -0.25) is 0 Å². The number of hydrogen-bond donors (Lipinski definition) is 0. The van der Waals surface area contributed by atoms with Crippen LogP contribution in [0.15, 0.2) is 0 Å².